The van der Waals surface area contributed by atoms with Gasteiger partial charge in [0.2, 0.25) is 0 Å². The molecule has 0 bridgehead atoms. The number of aliphatic hydroxyl groups is 1. The van der Waals surface area contributed by atoms with Crippen molar-refractivity contribution in [1.29, 1.82) is 0 Å². The molecular formula is C24H46O5Si2. The lowest BCUT2D eigenvalue weighted by atomic mass is 10.2. The highest BCUT2D eigenvalue weighted by atomic mass is 28.4. The topological polar surface area (TPSA) is 65.0 Å². The number of rotatable bonds is 5. The van der Waals surface area contributed by atoms with Gasteiger partial charge in [0.1, 0.15) is 6.10 Å². The number of esters is 1. The van der Waals surface area contributed by atoms with Crippen LogP contribution in [-0.4, -0.2) is 52.1 Å². The Labute approximate surface area is 192 Å². The summed E-state index contributed by atoms with van der Waals surface area (Å²) in [7, 11) is -3.39. The molecule has 1 N–H and O–H groups in total. The molecule has 0 amide bonds. The second kappa shape index (κ2) is 10.5. The van der Waals surface area contributed by atoms with E-state index in [1.165, 1.54) is 6.92 Å². The fourth-order valence-electron chi connectivity index (χ4n) is 2.87. The third-order valence-corrected chi connectivity index (χ3v) is 15.9. The Kier molecular flexibility index (Phi) is 9.55. The van der Waals surface area contributed by atoms with Crippen molar-refractivity contribution in [2.75, 3.05) is 0 Å². The summed E-state index contributed by atoms with van der Waals surface area (Å²) in [6.07, 6.45) is 9.08. The van der Waals surface area contributed by atoms with E-state index in [0.717, 1.165) is 12.8 Å². The van der Waals surface area contributed by atoms with Crippen molar-refractivity contribution >= 4 is 22.6 Å². The molecule has 0 aliphatic heterocycles. The average molecular weight is 471 g/mol. The largest absolute Gasteiger partial charge is 0.458 e. The van der Waals surface area contributed by atoms with Crippen LogP contribution in [0.1, 0.15) is 61.3 Å². The average Bonchev–Trinajstić information content (AvgIpc) is 3.13. The molecule has 31 heavy (non-hydrogen) atoms. The van der Waals surface area contributed by atoms with Crippen LogP contribution >= 0.6 is 0 Å². The van der Waals surface area contributed by atoms with E-state index in [9.17, 15) is 9.90 Å². The summed E-state index contributed by atoms with van der Waals surface area (Å²) < 4.78 is 17.5. The predicted octanol–water partition coefficient (Wildman–Crippen LogP) is 5.97. The predicted molar refractivity (Wildman–Crippen MR) is 133 cm³/mol. The zero-order chi connectivity index (χ0) is 24.3. The molecule has 2 aliphatic rings. The Hall–Kier alpha value is -0.736. The zero-order valence-electron chi connectivity index (χ0n) is 21.6. The highest BCUT2D eigenvalue weighted by Gasteiger charge is 2.40. The van der Waals surface area contributed by atoms with Crippen LogP contribution < -0.4 is 0 Å². The van der Waals surface area contributed by atoms with E-state index in [-0.39, 0.29) is 40.5 Å². The first-order valence-electron chi connectivity index (χ1n) is 11.4. The van der Waals surface area contributed by atoms with Crippen molar-refractivity contribution in [2.24, 2.45) is 0 Å². The van der Waals surface area contributed by atoms with Gasteiger partial charge in [0.05, 0.1) is 18.3 Å². The van der Waals surface area contributed by atoms with E-state index in [4.69, 9.17) is 13.6 Å². The highest BCUT2D eigenvalue weighted by Crippen LogP contribution is 2.39. The molecular weight excluding hydrogens is 424 g/mol. The SMILES string of the molecule is CC(=O)O[C@H]1C=C[C@@H](O[Si](C)(C)C(C)(C)C)C1.CC(C)(C)[Si](C)(C)O[C@@H]1C=C[C@H](O)C1. The van der Waals surface area contributed by atoms with E-state index in [0.29, 0.717) is 0 Å². The second-order valence-corrected chi connectivity index (χ2v) is 21.3. The first-order chi connectivity index (χ1) is 13.8. The quantitative estimate of drug-likeness (QED) is 0.305. The molecule has 2 aliphatic carbocycles. The maximum Gasteiger partial charge on any atom is 0.303 e. The van der Waals surface area contributed by atoms with Crippen LogP contribution in [0.5, 0.6) is 0 Å². The normalized spacial score (nSPS) is 26.6. The van der Waals surface area contributed by atoms with Gasteiger partial charge in [-0.05, 0) is 42.3 Å². The van der Waals surface area contributed by atoms with Crippen molar-refractivity contribution in [1.82, 2.24) is 0 Å². The number of carbonyl (C=O) groups excluding carboxylic acids is 1. The second-order valence-electron chi connectivity index (χ2n) is 11.8. The molecule has 0 fully saturated rings. The molecule has 0 aromatic carbocycles. The summed E-state index contributed by atoms with van der Waals surface area (Å²) in [5.41, 5.74) is 0. The summed E-state index contributed by atoms with van der Waals surface area (Å²) in [5, 5.41) is 9.80. The minimum Gasteiger partial charge on any atom is -0.458 e. The molecule has 0 heterocycles. The molecule has 0 spiro atoms. The van der Waals surface area contributed by atoms with Crippen LogP contribution in [0.25, 0.3) is 0 Å². The summed E-state index contributed by atoms with van der Waals surface area (Å²) in [4.78, 5) is 10.9. The van der Waals surface area contributed by atoms with Gasteiger partial charge in [0, 0.05) is 19.8 Å². The van der Waals surface area contributed by atoms with Crippen molar-refractivity contribution in [3.63, 3.8) is 0 Å². The molecule has 0 aromatic heterocycles. The van der Waals surface area contributed by atoms with E-state index in [1.807, 2.05) is 24.3 Å². The van der Waals surface area contributed by atoms with E-state index >= 15 is 0 Å². The van der Waals surface area contributed by atoms with Gasteiger partial charge in [-0.15, -0.1) is 0 Å². The lowest BCUT2D eigenvalue weighted by Gasteiger charge is -2.38. The Balaban J connectivity index is 0.000000316. The van der Waals surface area contributed by atoms with Gasteiger partial charge in [-0.3, -0.25) is 4.79 Å². The highest BCUT2D eigenvalue weighted by molar-refractivity contribution is 6.74. The molecule has 0 aromatic rings. The fourth-order valence-corrected chi connectivity index (χ4v) is 5.44. The monoisotopic (exact) mass is 470 g/mol. The van der Waals surface area contributed by atoms with E-state index in [1.54, 1.807) is 0 Å². The molecule has 5 nitrogen and oxygen atoms in total. The van der Waals surface area contributed by atoms with Crippen molar-refractivity contribution in [3.05, 3.63) is 24.3 Å². The molecule has 2 rings (SSSR count). The van der Waals surface area contributed by atoms with Crippen molar-refractivity contribution < 1.29 is 23.5 Å². The molecule has 180 valence electrons. The van der Waals surface area contributed by atoms with Gasteiger partial charge in [0.15, 0.2) is 16.6 Å². The Morgan fingerprint density at radius 1 is 0.774 bits per heavy atom. The van der Waals surface area contributed by atoms with Crippen LogP contribution in [0.4, 0.5) is 0 Å². The molecule has 7 heteroatoms. The molecule has 0 saturated carbocycles. The maximum absolute atomic E-state index is 10.9. The number of ether oxygens (including phenoxy) is 1. The Morgan fingerprint density at radius 2 is 1.16 bits per heavy atom. The van der Waals surface area contributed by atoms with Crippen LogP contribution in [-0.2, 0) is 18.4 Å². The fraction of sp³-hybridized carbons (Fsp3) is 0.792. The van der Waals surface area contributed by atoms with Crippen LogP contribution in [0.2, 0.25) is 36.3 Å². The van der Waals surface area contributed by atoms with Gasteiger partial charge >= 0.3 is 5.97 Å². The van der Waals surface area contributed by atoms with Crippen LogP contribution in [0.3, 0.4) is 0 Å². The van der Waals surface area contributed by atoms with Gasteiger partial charge in [-0.2, -0.15) is 0 Å². The number of hydrogen-bond donors (Lipinski definition) is 1. The minimum atomic E-state index is -1.73. The standard InChI is InChI=1S/C13H24O3Si.C11H22O2Si/c1-10(14)15-11-7-8-12(9-11)16-17(5,6)13(2,3)4;1-11(2,3)14(4,5)13-10-7-6-9(12)8-10/h7-8,11-12H,9H2,1-6H3;6-7,9-10,12H,8H2,1-5H3/t11-,12+;9-,10+/m00/s1. The smallest absolute Gasteiger partial charge is 0.303 e. The maximum atomic E-state index is 10.9. The zero-order valence-corrected chi connectivity index (χ0v) is 23.6. The lowest BCUT2D eigenvalue weighted by Crippen LogP contribution is -2.43. The van der Waals surface area contributed by atoms with Gasteiger partial charge in [-0.1, -0.05) is 59.8 Å². The third kappa shape index (κ3) is 8.96. The van der Waals surface area contributed by atoms with Crippen molar-refractivity contribution in [2.45, 2.75) is 122 Å². The van der Waals surface area contributed by atoms with Gasteiger partial charge < -0.3 is 18.7 Å². The first kappa shape index (κ1) is 28.3. The Morgan fingerprint density at radius 3 is 1.52 bits per heavy atom. The summed E-state index contributed by atoms with van der Waals surface area (Å²) in [6.45, 7) is 23.8. The number of aliphatic hydroxyl groups excluding tert-OH is 1. The van der Waals surface area contributed by atoms with E-state index in [2.05, 4.69) is 67.7 Å². The van der Waals surface area contributed by atoms with Crippen LogP contribution in [0.15, 0.2) is 24.3 Å². The molecule has 0 saturated heterocycles. The first-order valence-corrected chi connectivity index (χ1v) is 17.2. The summed E-state index contributed by atoms with van der Waals surface area (Å²) >= 11 is 0. The van der Waals surface area contributed by atoms with Gasteiger partial charge in [0.25, 0.3) is 0 Å². The lowest BCUT2D eigenvalue weighted by molar-refractivity contribution is -0.144. The van der Waals surface area contributed by atoms with Crippen LogP contribution in [0, 0.1) is 0 Å². The Bertz CT molecular complexity index is 656. The third-order valence-electron chi connectivity index (χ3n) is 6.85. The van der Waals surface area contributed by atoms with Gasteiger partial charge in [-0.25, -0.2) is 0 Å². The minimum absolute atomic E-state index is 0.0974. The number of hydrogen-bond acceptors (Lipinski definition) is 5. The molecule has 0 unspecified atom stereocenters. The summed E-state index contributed by atoms with van der Waals surface area (Å²) in [6, 6.07) is 0. The summed E-state index contributed by atoms with van der Waals surface area (Å²) in [5.74, 6) is -0.229. The molecule has 0 radical (unpaired) electrons. The van der Waals surface area contributed by atoms with E-state index < -0.39 is 16.6 Å². The molecule has 4 atom stereocenters. The number of carbonyl (C=O) groups is 1. The van der Waals surface area contributed by atoms with Crippen molar-refractivity contribution in [3.8, 4) is 0 Å².